The topological polar surface area (TPSA) is 249 Å². The summed E-state index contributed by atoms with van der Waals surface area (Å²) in [7, 11) is -13.0. The number of carbonyl (C=O) groups excluding carboxylic acids is 2. The quantitative estimate of drug-likeness (QED) is 0.0537. The summed E-state index contributed by atoms with van der Waals surface area (Å²) < 4.78 is 217. The molecule has 4 aromatic heterocycles. The van der Waals surface area contributed by atoms with Gasteiger partial charge in [-0.05, 0) is 81.3 Å². The van der Waals surface area contributed by atoms with Crippen molar-refractivity contribution < 1.29 is 89.2 Å². The van der Waals surface area contributed by atoms with E-state index in [1.807, 2.05) is 0 Å². The second kappa shape index (κ2) is 20.9. The van der Waals surface area contributed by atoms with E-state index in [2.05, 4.69) is 25.0 Å². The van der Waals surface area contributed by atoms with Crippen LogP contribution < -0.4 is 14.5 Å². The molecular formula is C47H45ClF10N9O10PS2. The summed E-state index contributed by atoms with van der Waals surface area (Å²) in [6.07, 6.45) is -9.28. The molecule has 0 bridgehead atoms. The van der Waals surface area contributed by atoms with Crippen molar-refractivity contribution in [2.45, 2.75) is 94.2 Å². The van der Waals surface area contributed by atoms with Crippen molar-refractivity contribution in [3.05, 3.63) is 117 Å². The normalized spacial score (nSPS) is 16.8. The second-order valence-electron chi connectivity index (χ2n) is 19.7. The molecule has 432 valence electrons. The van der Waals surface area contributed by atoms with Crippen LogP contribution in [-0.2, 0) is 78.4 Å². The van der Waals surface area contributed by atoms with Crippen molar-refractivity contribution in [2.24, 2.45) is 5.92 Å². The molecule has 1 saturated carbocycles. The van der Waals surface area contributed by atoms with Crippen LogP contribution in [0.25, 0.3) is 22.0 Å². The van der Waals surface area contributed by atoms with Gasteiger partial charge in [-0.25, -0.2) is 40.0 Å². The van der Waals surface area contributed by atoms with Crippen molar-refractivity contribution in [2.75, 3.05) is 28.8 Å². The van der Waals surface area contributed by atoms with Crippen molar-refractivity contribution in [3.8, 4) is 11.1 Å². The molecule has 3 amide bonds. The molecular weight excluding hydrogens is 1170 g/mol. The number of hydrogen-bond acceptors (Lipinski definition) is 12. The minimum atomic E-state index is -5.24. The van der Waals surface area contributed by atoms with Crippen LogP contribution in [0.2, 0.25) is 5.02 Å². The van der Waals surface area contributed by atoms with E-state index in [1.54, 1.807) is 0 Å². The summed E-state index contributed by atoms with van der Waals surface area (Å²) >= 11 is 6.74. The van der Waals surface area contributed by atoms with Gasteiger partial charge < -0.3 is 15.1 Å². The highest BCUT2D eigenvalue weighted by atomic mass is 35.5. The Kier molecular flexibility index (Phi) is 15.7. The van der Waals surface area contributed by atoms with Gasteiger partial charge in [0.05, 0.1) is 45.3 Å². The van der Waals surface area contributed by atoms with E-state index in [0.29, 0.717) is 17.2 Å². The number of anilines is 2. The molecule has 2 aliphatic carbocycles. The number of sulfone groups is 1. The molecule has 3 atom stereocenters. The first-order valence-electron chi connectivity index (χ1n) is 23.5. The van der Waals surface area contributed by atoms with E-state index in [0.717, 1.165) is 43.8 Å². The Balaban J connectivity index is 1.34. The van der Waals surface area contributed by atoms with Gasteiger partial charge in [0.1, 0.15) is 36.2 Å². The molecule has 3 N–H and O–H groups in total. The number of carbonyl (C=O) groups is 2. The number of aryl methyl sites for hydroxylation is 1. The van der Waals surface area contributed by atoms with Crippen molar-refractivity contribution >= 4 is 73.8 Å². The zero-order valence-corrected chi connectivity index (χ0v) is 45.4. The number of phosphoric acid groups is 1. The Hall–Kier alpha value is -6.24. The van der Waals surface area contributed by atoms with Crippen LogP contribution in [0.4, 0.5) is 60.3 Å². The number of fused-ring (bicyclic) bond motifs is 4. The van der Waals surface area contributed by atoms with Crippen LogP contribution >= 0.6 is 19.4 Å². The number of amides is 3. The summed E-state index contributed by atoms with van der Waals surface area (Å²) in [5.74, 6) is -11.8. The fourth-order valence-electron chi connectivity index (χ4n) is 9.43. The van der Waals surface area contributed by atoms with Crippen LogP contribution in [0.15, 0.2) is 60.8 Å². The molecule has 6 aromatic rings. The molecule has 0 saturated heterocycles. The van der Waals surface area contributed by atoms with E-state index < -0.39 is 174 Å². The maximum atomic E-state index is 15.7. The largest absolute Gasteiger partial charge is 0.469 e. The molecule has 1 unspecified atom stereocenters. The van der Waals surface area contributed by atoms with Crippen molar-refractivity contribution in [1.29, 1.82) is 0 Å². The number of alkyl halides is 8. The summed E-state index contributed by atoms with van der Waals surface area (Å²) in [6.45, 7) is -1.49. The van der Waals surface area contributed by atoms with Gasteiger partial charge in [0.2, 0.25) is 15.9 Å². The van der Waals surface area contributed by atoms with Crippen LogP contribution in [0, 0.1) is 17.6 Å². The van der Waals surface area contributed by atoms with Crippen molar-refractivity contribution in [1.82, 2.24) is 34.8 Å². The van der Waals surface area contributed by atoms with Crippen LogP contribution in [0.5, 0.6) is 0 Å². The molecule has 0 spiro atoms. The van der Waals surface area contributed by atoms with Crippen LogP contribution in [-0.4, -0.2) is 98.6 Å². The molecule has 19 nitrogen and oxygen atoms in total. The maximum absolute atomic E-state index is 15.7. The number of phosphoric ester groups is 1. The number of nitrogens with one attached hydrogen (secondary N) is 1. The number of urea groups is 1. The second-order valence-corrected chi connectivity index (χ2v) is 25.9. The lowest BCUT2D eigenvalue weighted by Crippen LogP contribution is -2.45. The summed E-state index contributed by atoms with van der Waals surface area (Å²) in [5.41, 5.74) is -5.87. The minimum absolute atomic E-state index is 0.00962. The lowest BCUT2D eigenvalue weighted by molar-refractivity contribution is -0.143. The molecule has 0 radical (unpaired) electrons. The highest BCUT2D eigenvalue weighted by Crippen LogP contribution is 2.68. The number of benzene rings is 2. The molecule has 4 heterocycles. The fourth-order valence-corrected chi connectivity index (χ4v) is 11.3. The summed E-state index contributed by atoms with van der Waals surface area (Å²) in [4.78, 5) is 56.8. The first kappa shape index (κ1) is 59.9. The van der Waals surface area contributed by atoms with E-state index in [4.69, 9.17) is 16.6 Å². The fraction of sp³-hybridized carbons (Fsp3) is 0.404. The van der Waals surface area contributed by atoms with Gasteiger partial charge in [-0.2, -0.15) is 49.6 Å². The first-order valence-corrected chi connectivity index (χ1v) is 29.1. The minimum Gasteiger partial charge on any atom is -0.346 e. The van der Waals surface area contributed by atoms with Crippen molar-refractivity contribution in [3.63, 3.8) is 0 Å². The zero-order valence-electron chi connectivity index (χ0n) is 42.1. The van der Waals surface area contributed by atoms with Gasteiger partial charge in [0.25, 0.3) is 5.92 Å². The smallest absolute Gasteiger partial charge is 0.346 e. The molecule has 1 fully saturated rings. The monoisotopic (exact) mass is 1220 g/mol. The molecule has 2 aromatic carbocycles. The van der Waals surface area contributed by atoms with Crippen LogP contribution in [0.1, 0.15) is 78.1 Å². The Labute approximate surface area is 453 Å². The van der Waals surface area contributed by atoms with Gasteiger partial charge in [-0.1, -0.05) is 29.8 Å². The van der Waals surface area contributed by atoms with E-state index >= 15 is 8.78 Å². The van der Waals surface area contributed by atoms with Gasteiger partial charge in [-0.15, -0.1) is 0 Å². The molecule has 33 heteroatoms. The molecule has 0 aliphatic heterocycles. The molecule has 2 aliphatic rings. The number of nitrogens with zero attached hydrogens (tertiary/aromatic N) is 8. The lowest BCUT2D eigenvalue weighted by Gasteiger charge is -2.26. The highest BCUT2D eigenvalue weighted by Gasteiger charge is 2.68. The third kappa shape index (κ3) is 12.3. The van der Waals surface area contributed by atoms with Gasteiger partial charge in [0, 0.05) is 59.4 Å². The number of sulfonamides is 1. The van der Waals surface area contributed by atoms with Gasteiger partial charge >= 0.3 is 26.2 Å². The Morgan fingerprint density at radius 3 is 2.20 bits per heavy atom. The third-order valence-corrected chi connectivity index (χ3v) is 17.5. The number of pyridine rings is 2. The average molecular weight is 1220 g/mol. The standard InChI is InChI=1S/C47H45ClF10N9O10PS2/c1-44(2,79(4,73)74)13-12-27-8-9-28(37(60-27)33(17-23-15-25(49)18-26(50)16-23)61-34(68)20-65-40-35(39(62-65)47(56,57)58)30-19-31(30)46(40,54)55)29-10-11-32(48)36-38(29)66(22-45(51,52)53)63-42(36)67(80(5,75)76)43(69)64(3)41-24(7-6-14-59-41)21-77-78(70,71)72/h6-11,14-16,18,30-31,33H,12-13,17,19-22H2,1-5H3,(H,61,68)(H2,70,71,72)/t30?,31-,33+/m1/s1. The Morgan fingerprint density at radius 1 is 0.950 bits per heavy atom. The SMILES string of the molecule is CN(C(=O)N(c1nn(CC(F)(F)F)c2c(-c3ccc(CCC(C)(C)S(C)(=O)=O)nc3[C@H](Cc3cc(F)cc(F)c3)NC(=O)Cn3nc(C(F)(F)F)c4c3C(F)(F)[C@@H]3CC43)ccc(Cl)c12)S(C)(=O)=O)c1ncccc1COP(=O)(O)O. The first-order chi connectivity index (χ1) is 36.8. The van der Waals surface area contributed by atoms with Crippen LogP contribution in [0.3, 0.4) is 0 Å². The maximum Gasteiger partial charge on any atom is 0.469 e. The zero-order chi connectivity index (χ0) is 59.2. The number of rotatable bonds is 18. The third-order valence-electron chi connectivity index (χ3n) is 13.5. The van der Waals surface area contributed by atoms with E-state index in [1.165, 1.54) is 38.1 Å². The van der Waals surface area contributed by atoms with E-state index in [9.17, 15) is 75.9 Å². The average Bonchev–Trinajstić information content (AvgIpc) is 3.85. The van der Waals surface area contributed by atoms with Gasteiger partial charge in [-0.3, -0.25) is 28.6 Å². The predicted molar refractivity (Wildman–Crippen MR) is 266 cm³/mol. The lowest BCUT2D eigenvalue weighted by atomic mass is 9.93. The molecule has 80 heavy (non-hydrogen) atoms. The summed E-state index contributed by atoms with van der Waals surface area (Å²) in [5, 5.41) is 8.61. The Morgan fingerprint density at radius 2 is 1.60 bits per heavy atom. The summed E-state index contributed by atoms with van der Waals surface area (Å²) in [6, 6.07) is 5.78. The predicted octanol–water partition coefficient (Wildman–Crippen LogP) is 8.90. The van der Waals surface area contributed by atoms with Gasteiger partial charge in [0.15, 0.2) is 21.3 Å². The highest BCUT2D eigenvalue weighted by molar-refractivity contribution is 7.93. The number of aromatic nitrogens is 6. The molecule has 8 rings (SSSR count). The number of halogens is 11. The Bertz CT molecular complexity index is 3740. The number of hydrogen-bond donors (Lipinski definition) is 3. The van der Waals surface area contributed by atoms with E-state index in [-0.39, 0.29) is 55.3 Å².